The standard InChI is InChI=1S/C9H18O2.C8H16O2/c1-6(2)7(3)8(4)9(10)11-5;1-6(2)5-7(3)8(9)10-4/h6-8H,1-5H3;6-7H,5H2,1-4H3. The maximum absolute atomic E-state index is 11.0. The molecule has 0 rings (SSSR count). The number of methoxy groups -OCH3 is 2. The monoisotopic (exact) mass is 302 g/mol. The second-order valence-corrected chi connectivity index (χ2v) is 6.47. The highest BCUT2D eigenvalue weighted by Gasteiger charge is 2.22. The second kappa shape index (κ2) is 11.6. The third kappa shape index (κ3) is 10.3. The first kappa shape index (κ1) is 22.2. The minimum absolute atomic E-state index is 0.0139. The number of carbonyl (C=O) groups excluding carboxylic acids is 2. The first-order valence-electron chi connectivity index (χ1n) is 7.73. The maximum atomic E-state index is 11.0. The number of hydrogen-bond acceptors (Lipinski definition) is 4. The summed E-state index contributed by atoms with van der Waals surface area (Å²) in [5, 5.41) is 0. The Morgan fingerprint density at radius 1 is 0.810 bits per heavy atom. The summed E-state index contributed by atoms with van der Waals surface area (Å²) in [5.41, 5.74) is 0. The summed E-state index contributed by atoms with van der Waals surface area (Å²) in [7, 11) is 2.87. The van der Waals surface area contributed by atoms with Gasteiger partial charge in [-0.05, 0) is 24.2 Å². The molecular weight excluding hydrogens is 268 g/mol. The van der Waals surface area contributed by atoms with Gasteiger partial charge in [0.15, 0.2) is 0 Å². The summed E-state index contributed by atoms with van der Waals surface area (Å²) in [5.74, 6) is 1.34. The van der Waals surface area contributed by atoms with Gasteiger partial charge in [0, 0.05) is 0 Å². The highest BCUT2D eigenvalue weighted by Crippen LogP contribution is 2.20. The molecule has 0 radical (unpaired) electrons. The summed E-state index contributed by atoms with van der Waals surface area (Å²) in [6.07, 6.45) is 0.909. The van der Waals surface area contributed by atoms with Gasteiger partial charge in [-0.25, -0.2) is 0 Å². The Bertz CT molecular complexity index is 297. The molecule has 126 valence electrons. The number of esters is 2. The predicted octanol–water partition coefficient (Wildman–Crippen LogP) is 3.93. The van der Waals surface area contributed by atoms with E-state index in [0.717, 1.165) is 6.42 Å². The zero-order chi connectivity index (χ0) is 17.2. The van der Waals surface area contributed by atoms with E-state index < -0.39 is 0 Å². The molecule has 0 spiro atoms. The lowest BCUT2D eigenvalue weighted by molar-refractivity contribution is -0.147. The van der Waals surface area contributed by atoms with Crippen molar-refractivity contribution < 1.29 is 19.1 Å². The molecule has 0 fully saturated rings. The van der Waals surface area contributed by atoms with Gasteiger partial charge in [-0.15, -0.1) is 0 Å². The van der Waals surface area contributed by atoms with Crippen molar-refractivity contribution in [2.75, 3.05) is 14.2 Å². The average Bonchev–Trinajstić information content (AvgIpc) is 2.43. The molecule has 0 bridgehead atoms. The third-order valence-electron chi connectivity index (χ3n) is 3.84. The lowest BCUT2D eigenvalue weighted by atomic mass is 9.86. The van der Waals surface area contributed by atoms with Crippen molar-refractivity contribution in [3.63, 3.8) is 0 Å². The van der Waals surface area contributed by atoms with Crippen molar-refractivity contribution in [3.8, 4) is 0 Å². The van der Waals surface area contributed by atoms with Gasteiger partial charge in [-0.1, -0.05) is 48.5 Å². The minimum atomic E-state index is -0.105. The van der Waals surface area contributed by atoms with Crippen LogP contribution >= 0.6 is 0 Å². The molecule has 4 heteroatoms. The van der Waals surface area contributed by atoms with Crippen LogP contribution in [0.4, 0.5) is 0 Å². The number of carbonyl (C=O) groups is 2. The molecule has 3 atom stereocenters. The van der Waals surface area contributed by atoms with Crippen LogP contribution in [-0.2, 0) is 19.1 Å². The molecule has 0 heterocycles. The van der Waals surface area contributed by atoms with Crippen LogP contribution in [0, 0.1) is 29.6 Å². The summed E-state index contributed by atoms with van der Waals surface area (Å²) in [6.45, 7) is 14.3. The molecule has 0 N–H and O–H groups in total. The van der Waals surface area contributed by atoms with E-state index in [0.29, 0.717) is 17.8 Å². The Morgan fingerprint density at radius 3 is 1.52 bits per heavy atom. The van der Waals surface area contributed by atoms with E-state index in [1.165, 1.54) is 14.2 Å². The largest absolute Gasteiger partial charge is 0.469 e. The van der Waals surface area contributed by atoms with E-state index in [2.05, 4.69) is 44.1 Å². The van der Waals surface area contributed by atoms with Crippen LogP contribution in [0.15, 0.2) is 0 Å². The zero-order valence-electron chi connectivity index (χ0n) is 15.2. The Labute approximate surface area is 130 Å². The van der Waals surface area contributed by atoms with Gasteiger partial charge in [-0.2, -0.15) is 0 Å². The van der Waals surface area contributed by atoms with Gasteiger partial charge in [0.05, 0.1) is 26.1 Å². The average molecular weight is 302 g/mol. The molecule has 0 aliphatic rings. The van der Waals surface area contributed by atoms with Gasteiger partial charge < -0.3 is 9.47 Å². The van der Waals surface area contributed by atoms with E-state index in [-0.39, 0.29) is 23.8 Å². The Hall–Kier alpha value is -1.06. The smallest absolute Gasteiger partial charge is 0.308 e. The maximum Gasteiger partial charge on any atom is 0.308 e. The number of hydrogen-bond donors (Lipinski definition) is 0. The lowest BCUT2D eigenvalue weighted by Crippen LogP contribution is -2.23. The van der Waals surface area contributed by atoms with Gasteiger partial charge in [0.1, 0.15) is 0 Å². The van der Waals surface area contributed by atoms with Crippen LogP contribution in [0.3, 0.4) is 0 Å². The minimum Gasteiger partial charge on any atom is -0.469 e. The van der Waals surface area contributed by atoms with E-state index in [1.54, 1.807) is 0 Å². The molecular formula is C17H34O4. The number of rotatable bonds is 6. The van der Waals surface area contributed by atoms with Crippen molar-refractivity contribution in [1.29, 1.82) is 0 Å². The summed E-state index contributed by atoms with van der Waals surface area (Å²) >= 11 is 0. The fourth-order valence-corrected chi connectivity index (χ4v) is 1.98. The second-order valence-electron chi connectivity index (χ2n) is 6.47. The molecule has 0 aromatic carbocycles. The van der Waals surface area contributed by atoms with Crippen LogP contribution in [-0.4, -0.2) is 26.2 Å². The van der Waals surface area contributed by atoms with Gasteiger partial charge >= 0.3 is 11.9 Å². The molecule has 0 saturated heterocycles. The van der Waals surface area contributed by atoms with Gasteiger partial charge in [0.2, 0.25) is 0 Å². The normalized spacial score (nSPS) is 14.8. The van der Waals surface area contributed by atoms with Crippen LogP contribution in [0.25, 0.3) is 0 Å². The molecule has 0 amide bonds. The quantitative estimate of drug-likeness (QED) is 0.698. The Kier molecular flexibility index (Phi) is 12.3. The molecule has 0 aliphatic heterocycles. The fourth-order valence-electron chi connectivity index (χ4n) is 1.98. The SMILES string of the molecule is COC(=O)C(C)C(C)C(C)C.COC(=O)C(C)CC(C)C. The van der Waals surface area contributed by atoms with Crippen molar-refractivity contribution in [3.05, 3.63) is 0 Å². The summed E-state index contributed by atoms with van der Waals surface area (Å²) in [4.78, 5) is 21.9. The topological polar surface area (TPSA) is 52.6 Å². The van der Waals surface area contributed by atoms with E-state index >= 15 is 0 Å². The molecule has 0 saturated carbocycles. The van der Waals surface area contributed by atoms with Crippen LogP contribution in [0.5, 0.6) is 0 Å². The van der Waals surface area contributed by atoms with Crippen molar-refractivity contribution >= 4 is 11.9 Å². The predicted molar refractivity (Wildman–Crippen MR) is 85.8 cm³/mol. The Morgan fingerprint density at radius 2 is 1.24 bits per heavy atom. The van der Waals surface area contributed by atoms with Crippen LogP contribution in [0.2, 0.25) is 0 Å². The van der Waals surface area contributed by atoms with Crippen LogP contribution < -0.4 is 0 Å². The molecule has 0 aromatic rings. The summed E-state index contributed by atoms with van der Waals surface area (Å²) in [6, 6.07) is 0. The molecule has 3 unspecified atom stereocenters. The lowest BCUT2D eigenvalue weighted by Gasteiger charge is -2.20. The van der Waals surface area contributed by atoms with Crippen molar-refractivity contribution in [2.45, 2.75) is 54.9 Å². The highest BCUT2D eigenvalue weighted by molar-refractivity contribution is 5.72. The Balaban J connectivity index is 0. The van der Waals surface area contributed by atoms with E-state index in [4.69, 9.17) is 0 Å². The molecule has 4 nitrogen and oxygen atoms in total. The number of ether oxygens (including phenoxy) is 2. The molecule has 0 aliphatic carbocycles. The van der Waals surface area contributed by atoms with E-state index in [1.807, 2.05) is 13.8 Å². The van der Waals surface area contributed by atoms with Crippen molar-refractivity contribution in [1.82, 2.24) is 0 Å². The van der Waals surface area contributed by atoms with Gasteiger partial charge in [0.25, 0.3) is 0 Å². The first-order chi connectivity index (χ1) is 9.58. The zero-order valence-corrected chi connectivity index (χ0v) is 15.2. The highest BCUT2D eigenvalue weighted by atomic mass is 16.5. The fraction of sp³-hybridized carbons (Fsp3) is 0.882. The molecule has 21 heavy (non-hydrogen) atoms. The van der Waals surface area contributed by atoms with Crippen LogP contribution in [0.1, 0.15) is 54.9 Å². The summed E-state index contributed by atoms with van der Waals surface area (Å²) < 4.78 is 9.22. The first-order valence-corrected chi connectivity index (χ1v) is 7.73. The molecule has 0 aromatic heterocycles. The van der Waals surface area contributed by atoms with Crippen molar-refractivity contribution in [2.24, 2.45) is 29.6 Å². The van der Waals surface area contributed by atoms with Gasteiger partial charge in [-0.3, -0.25) is 9.59 Å². The van der Waals surface area contributed by atoms with E-state index in [9.17, 15) is 9.59 Å². The third-order valence-corrected chi connectivity index (χ3v) is 3.84.